The molecule has 0 saturated carbocycles. The minimum Gasteiger partial charge on any atom is -0.497 e. The summed E-state index contributed by atoms with van der Waals surface area (Å²) in [6.45, 7) is 3.86. The molecule has 4 rings (SSSR count). The van der Waals surface area contributed by atoms with Crippen LogP contribution in [0.1, 0.15) is 35.0 Å². The van der Waals surface area contributed by atoms with Gasteiger partial charge in [0.2, 0.25) is 5.91 Å². The number of carbonyl (C=O) groups excluding carboxylic acids is 2. The number of hydrogen-bond acceptors (Lipinski definition) is 6. The number of carbonyl (C=O) groups is 2. The first-order valence-electron chi connectivity index (χ1n) is 11.6. The van der Waals surface area contributed by atoms with E-state index in [4.69, 9.17) is 9.47 Å². The summed E-state index contributed by atoms with van der Waals surface area (Å²) in [4.78, 5) is 37.9. The lowest BCUT2D eigenvalue weighted by Gasteiger charge is -2.12. The molecule has 1 N–H and O–H groups in total. The second-order valence-corrected chi connectivity index (χ2v) is 8.31. The number of nitrogens with one attached hydrogen (secondary N) is 1. The number of hydrogen-bond donors (Lipinski definition) is 1. The van der Waals surface area contributed by atoms with E-state index in [0.29, 0.717) is 33.9 Å². The molecule has 4 aromatic rings. The van der Waals surface area contributed by atoms with Crippen molar-refractivity contribution < 1.29 is 19.1 Å². The van der Waals surface area contributed by atoms with E-state index in [1.54, 1.807) is 38.3 Å². The minimum absolute atomic E-state index is 0.0925. The normalized spacial score (nSPS) is 10.9. The molecule has 0 aliphatic carbocycles. The summed E-state index contributed by atoms with van der Waals surface area (Å²) >= 11 is 0. The van der Waals surface area contributed by atoms with Crippen molar-refractivity contribution >= 4 is 23.2 Å². The Bertz CT molecular complexity index is 1500. The van der Waals surface area contributed by atoms with Crippen LogP contribution < -0.4 is 15.6 Å². The smallest absolute Gasteiger partial charge is 0.338 e. The van der Waals surface area contributed by atoms with Gasteiger partial charge in [-0.3, -0.25) is 9.59 Å². The Morgan fingerprint density at radius 2 is 1.86 bits per heavy atom. The molecule has 0 aliphatic heterocycles. The molecule has 2 aromatic carbocycles. The Hall–Kier alpha value is -4.40. The Morgan fingerprint density at radius 1 is 1.08 bits per heavy atom. The average molecular weight is 489 g/mol. The van der Waals surface area contributed by atoms with E-state index in [9.17, 15) is 14.4 Å². The number of nitrogens with zero attached hydrogens (tertiary/aromatic N) is 3. The molecular formula is C27H28N4O5. The molecule has 186 valence electrons. The van der Waals surface area contributed by atoms with Gasteiger partial charge in [0.1, 0.15) is 11.4 Å². The summed E-state index contributed by atoms with van der Waals surface area (Å²) in [6, 6.07) is 15.9. The van der Waals surface area contributed by atoms with Crippen LogP contribution in [0.2, 0.25) is 0 Å². The van der Waals surface area contributed by atoms with Gasteiger partial charge in [0.15, 0.2) is 0 Å². The second kappa shape index (κ2) is 10.5. The van der Waals surface area contributed by atoms with Gasteiger partial charge in [-0.25, -0.2) is 4.79 Å². The lowest BCUT2D eigenvalue weighted by Crippen LogP contribution is -2.26. The highest BCUT2D eigenvalue weighted by Gasteiger charge is 2.17. The number of ether oxygens (including phenoxy) is 2. The minimum atomic E-state index is -0.450. The third-order valence-corrected chi connectivity index (χ3v) is 6.05. The molecule has 0 atom stereocenters. The van der Waals surface area contributed by atoms with E-state index in [1.165, 1.54) is 4.52 Å². The van der Waals surface area contributed by atoms with Crippen LogP contribution in [0.4, 0.5) is 5.69 Å². The fourth-order valence-corrected chi connectivity index (χ4v) is 4.03. The molecule has 2 aromatic heterocycles. The van der Waals surface area contributed by atoms with Crippen LogP contribution in [0, 0.1) is 6.92 Å². The molecule has 9 nitrogen and oxygen atoms in total. The molecule has 0 aliphatic rings. The maximum absolute atomic E-state index is 13.3. The Morgan fingerprint density at radius 3 is 2.61 bits per heavy atom. The van der Waals surface area contributed by atoms with Gasteiger partial charge < -0.3 is 19.4 Å². The Balaban J connectivity index is 1.55. The summed E-state index contributed by atoms with van der Waals surface area (Å²) in [7, 11) is 3.47. The highest BCUT2D eigenvalue weighted by Crippen LogP contribution is 2.24. The summed E-state index contributed by atoms with van der Waals surface area (Å²) in [5.41, 5.74) is 4.00. The van der Waals surface area contributed by atoms with Crippen molar-refractivity contribution in [2.24, 2.45) is 7.05 Å². The molecule has 0 radical (unpaired) electrons. The summed E-state index contributed by atoms with van der Waals surface area (Å²) in [5.74, 6) is -0.0180. The topological polar surface area (TPSA) is 104 Å². The third kappa shape index (κ3) is 5.00. The van der Waals surface area contributed by atoms with Gasteiger partial charge >= 0.3 is 5.97 Å². The molecule has 36 heavy (non-hydrogen) atoms. The van der Waals surface area contributed by atoms with Crippen molar-refractivity contribution in [3.63, 3.8) is 0 Å². The maximum Gasteiger partial charge on any atom is 0.338 e. The van der Waals surface area contributed by atoms with Crippen molar-refractivity contribution in [1.29, 1.82) is 0 Å². The third-order valence-electron chi connectivity index (χ3n) is 6.05. The Kier molecular flexibility index (Phi) is 7.19. The lowest BCUT2D eigenvalue weighted by atomic mass is 10.1. The Labute approximate surface area is 208 Å². The molecule has 2 heterocycles. The van der Waals surface area contributed by atoms with E-state index >= 15 is 0 Å². The van der Waals surface area contributed by atoms with Gasteiger partial charge in [-0.15, -0.1) is 0 Å². The van der Waals surface area contributed by atoms with Gasteiger partial charge in [0, 0.05) is 42.0 Å². The standard InChI is InChI=1S/C27H28N4O5/c1-5-36-27(34)19-9-6-10-20(14-19)28-24(32)13-12-22-17(2)30(3)25-16-23(29-31(25)26(22)33)18-8-7-11-21(15-18)35-4/h6-11,14-16H,5,12-13H2,1-4H3,(H,28,32). The molecule has 1 amide bonds. The maximum atomic E-state index is 13.3. The van der Waals surface area contributed by atoms with E-state index in [0.717, 1.165) is 11.3 Å². The van der Waals surface area contributed by atoms with E-state index in [-0.39, 0.29) is 30.9 Å². The van der Waals surface area contributed by atoms with Crippen molar-refractivity contribution in [3.05, 3.63) is 81.8 Å². The van der Waals surface area contributed by atoms with Crippen LogP contribution in [0.5, 0.6) is 5.75 Å². The predicted molar refractivity (Wildman–Crippen MR) is 137 cm³/mol. The zero-order valence-corrected chi connectivity index (χ0v) is 20.7. The van der Waals surface area contributed by atoms with Crippen LogP contribution >= 0.6 is 0 Å². The number of fused-ring (bicyclic) bond motifs is 1. The van der Waals surface area contributed by atoms with Crippen molar-refractivity contribution in [3.8, 4) is 17.0 Å². The second-order valence-electron chi connectivity index (χ2n) is 8.31. The number of esters is 1. The van der Waals surface area contributed by atoms with Gasteiger partial charge in [0.05, 0.1) is 25.0 Å². The van der Waals surface area contributed by atoms with Crippen molar-refractivity contribution in [1.82, 2.24) is 14.2 Å². The zero-order valence-electron chi connectivity index (χ0n) is 20.7. The number of amides is 1. The average Bonchev–Trinajstić information content (AvgIpc) is 3.34. The summed E-state index contributed by atoms with van der Waals surface area (Å²) in [6.07, 6.45) is 0.335. The fraction of sp³-hybridized carbons (Fsp3) is 0.259. The number of anilines is 1. The number of methoxy groups -OCH3 is 1. The van der Waals surface area contributed by atoms with E-state index in [2.05, 4.69) is 10.4 Å². The number of benzene rings is 2. The molecule has 0 spiro atoms. The lowest BCUT2D eigenvalue weighted by molar-refractivity contribution is -0.116. The van der Waals surface area contributed by atoms with Crippen molar-refractivity contribution in [2.75, 3.05) is 19.0 Å². The van der Waals surface area contributed by atoms with Crippen LogP contribution in [-0.2, 0) is 23.0 Å². The van der Waals surface area contributed by atoms with Crippen LogP contribution in [0.25, 0.3) is 16.9 Å². The monoisotopic (exact) mass is 488 g/mol. The van der Waals surface area contributed by atoms with Gasteiger partial charge in [0.25, 0.3) is 5.56 Å². The van der Waals surface area contributed by atoms with Gasteiger partial charge in [-0.2, -0.15) is 9.61 Å². The highest BCUT2D eigenvalue weighted by atomic mass is 16.5. The molecule has 0 fully saturated rings. The molecular weight excluding hydrogens is 460 g/mol. The van der Waals surface area contributed by atoms with E-state index < -0.39 is 5.97 Å². The van der Waals surface area contributed by atoms with Crippen LogP contribution in [-0.4, -0.2) is 39.8 Å². The number of aromatic nitrogens is 3. The van der Waals surface area contributed by atoms with Gasteiger partial charge in [-0.1, -0.05) is 18.2 Å². The molecule has 0 unspecified atom stereocenters. The van der Waals surface area contributed by atoms with Gasteiger partial charge in [-0.05, 0) is 50.6 Å². The first-order valence-corrected chi connectivity index (χ1v) is 11.6. The summed E-state index contributed by atoms with van der Waals surface area (Å²) < 4.78 is 13.6. The predicted octanol–water partition coefficient (Wildman–Crippen LogP) is 3.77. The SMILES string of the molecule is CCOC(=O)c1cccc(NC(=O)CCc2c(C)n(C)c3cc(-c4cccc(OC)c4)nn3c2=O)c1. The van der Waals surface area contributed by atoms with Crippen LogP contribution in [0.15, 0.2) is 59.4 Å². The van der Waals surface area contributed by atoms with Crippen LogP contribution in [0.3, 0.4) is 0 Å². The molecule has 9 heteroatoms. The number of rotatable bonds is 8. The fourth-order valence-electron chi connectivity index (χ4n) is 4.03. The van der Waals surface area contributed by atoms with E-state index in [1.807, 2.05) is 48.9 Å². The highest BCUT2D eigenvalue weighted by molar-refractivity contribution is 5.94. The summed E-state index contributed by atoms with van der Waals surface area (Å²) in [5, 5.41) is 7.33. The zero-order chi connectivity index (χ0) is 25.8. The quantitative estimate of drug-likeness (QED) is 0.379. The van der Waals surface area contributed by atoms with Crippen molar-refractivity contribution in [2.45, 2.75) is 26.7 Å². The first-order chi connectivity index (χ1) is 17.3. The molecule has 0 bridgehead atoms. The number of aryl methyl sites for hydroxylation is 1. The molecule has 0 saturated heterocycles. The largest absolute Gasteiger partial charge is 0.497 e. The first kappa shape index (κ1) is 24.7.